The van der Waals surface area contributed by atoms with Gasteiger partial charge in [-0.15, -0.1) is 0 Å². The van der Waals surface area contributed by atoms with E-state index in [2.05, 4.69) is 14.9 Å². The lowest BCUT2D eigenvalue weighted by Gasteiger charge is -2.07. The number of hydrogen-bond donors (Lipinski definition) is 1. The predicted octanol–water partition coefficient (Wildman–Crippen LogP) is 0.910. The van der Waals surface area contributed by atoms with Crippen LogP contribution in [0.1, 0.15) is 23.4 Å². The summed E-state index contributed by atoms with van der Waals surface area (Å²) >= 11 is 0. The summed E-state index contributed by atoms with van der Waals surface area (Å²) in [7, 11) is -1.78. The molecule has 8 heteroatoms. The Morgan fingerprint density at radius 2 is 2.00 bits per heavy atom. The van der Waals surface area contributed by atoms with Gasteiger partial charge in [0.15, 0.2) is 0 Å². The second-order valence-electron chi connectivity index (χ2n) is 5.16. The van der Waals surface area contributed by atoms with Crippen LogP contribution in [0.3, 0.4) is 0 Å². The van der Waals surface area contributed by atoms with Gasteiger partial charge < -0.3 is 0 Å². The van der Waals surface area contributed by atoms with Crippen molar-refractivity contribution in [3.8, 4) is 0 Å². The Morgan fingerprint density at radius 3 is 2.52 bits per heavy atom. The summed E-state index contributed by atoms with van der Waals surface area (Å²) in [6.07, 6.45) is 4.40. The highest BCUT2D eigenvalue weighted by atomic mass is 32.2. The van der Waals surface area contributed by atoms with Gasteiger partial charge in [-0.05, 0) is 32.8 Å². The molecule has 0 aliphatic rings. The first-order valence-corrected chi connectivity index (χ1v) is 8.28. The van der Waals surface area contributed by atoms with E-state index in [1.165, 1.54) is 0 Å². The van der Waals surface area contributed by atoms with Crippen molar-refractivity contribution in [3.63, 3.8) is 0 Å². The minimum Gasteiger partial charge on any atom is -0.272 e. The Hall–Kier alpha value is -1.67. The van der Waals surface area contributed by atoms with Crippen LogP contribution in [0, 0.1) is 20.8 Å². The van der Waals surface area contributed by atoms with Crippen molar-refractivity contribution in [1.82, 2.24) is 24.3 Å². The van der Waals surface area contributed by atoms with Crippen LogP contribution in [0.4, 0.5) is 0 Å². The molecule has 2 aromatic rings. The molecule has 2 heterocycles. The minimum atomic E-state index is -3.51. The van der Waals surface area contributed by atoms with Crippen LogP contribution in [-0.2, 0) is 23.6 Å². The van der Waals surface area contributed by atoms with Gasteiger partial charge in [0.05, 0.1) is 17.6 Å². The summed E-state index contributed by atoms with van der Waals surface area (Å²) in [6, 6.07) is 0. The average Bonchev–Trinajstić information content (AvgIpc) is 2.90. The molecular formula is C13H21N5O2S. The van der Waals surface area contributed by atoms with Gasteiger partial charge in [0.1, 0.15) is 4.90 Å². The van der Waals surface area contributed by atoms with Crippen molar-refractivity contribution < 1.29 is 8.42 Å². The smallest absolute Gasteiger partial charge is 0.244 e. The van der Waals surface area contributed by atoms with E-state index < -0.39 is 10.0 Å². The van der Waals surface area contributed by atoms with Crippen LogP contribution in [0.2, 0.25) is 0 Å². The van der Waals surface area contributed by atoms with E-state index in [9.17, 15) is 8.42 Å². The molecule has 0 aromatic carbocycles. The number of sulfonamides is 1. The number of hydrogen-bond acceptors (Lipinski definition) is 4. The minimum absolute atomic E-state index is 0.278. The van der Waals surface area contributed by atoms with Crippen LogP contribution in [0.15, 0.2) is 17.3 Å². The van der Waals surface area contributed by atoms with Crippen LogP contribution < -0.4 is 4.72 Å². The monoisotopic (exact) mass is 311 g/mol. The Kier molecular flexibility index (Phi) is 4.48. The zero-order chi connectivity index (χ0) is 15.6. The first-order chi connectivity index (χ1) is 9.81. The molecular weight excluding hydrogens is 290 g/mol. The van der Waals surface area contributed by atoms with Gasteiger partial charge >= 0.3 is 0 Å². The highest BCUT2D eigenvalue weighted by molar-refractivity contribution is 7.89. The maximum Gasteiger partial charge on any atom is 0.244 e. The molecule has 0 saturated heterocycles. The molecule has 0 saturated carbocycles. The van der Waals surface area contributed by atoms with Crippen LogP contribution in [0.25, 0.3) is 0 Å². The first-order valence-electron chi connectivity index (χ1n) is 6.80. The molecule has 0 spiro atoms. The van der Waals surface area contributed by atoms with E-state index in [-0.39, 0.29) is 4.90 Å². The fourth-order valence-corrected chi connectivity index (χ4v) is 3.76. The molecule has 0 aliphatic carbocycles. The molecule has 0 bridgehead atoms. The molecule has 2 aromatic heterocycles. The number of nitrogens with zero attached hydrogens (tertiary/aromatic N) is 4. The number of rotatable bonds is 6. The summed E-state index contributed by atoms with van der Waals surface area (Å²) in [5, 5.41) is 8.30. The maximum absolute atomic E-state index is 12.3. The number of aromatic nitrogens is 4. The van der Waals surface area contributed by atoms with E-state index >= 15 is 0 Å². The van der Waals surface area contributed by atoms with Crippen molar-refractivity contribution in [2.24, 2.45) is 7.05 Å². The zero-order valence-corrected chi connectivity index (χ0v) is 13.6. The third-order valence-electron chi connectivity index (χ3n) is 3.33. The highest BCUT2D eigenvalue weighted by Crippen LogP contribution is 2.18. The standard InChI is InChI=1S/C13H21N5O2S/c1-10-8-14-18(9-10)7-5-6-15-21(19,20)13-11(2)16-17(4)12(13)3/h8-9,15H,5-7H2,1-4H3. The third kappa shape index (κ3) is 3.51. The molecule has 116 valence electrons. The van der Waals surface area contributed by atoms with Gasteiger partial charge in [0, 0.05) is 26.3 Å². The lowest BCUT2D eigenvalue weighted by molar-refractivity contribution is 0.552. The van der Waals surface area contributed by atoms with E-state index in [4.69, 9.17) is 0 Å². The second-order valence-corrected chi connectivity index (χ2v) is 6.86. The quantitative estimate of drug-likeness (QED) is 0.804. The largest absolute Gasteiger partial charge is 0.272 e. The van der Waals surface area contributed by atoms with Crippen LogP contribution >= 0.6 is 0 Å². The van der Waals surface area contributed by atoms with E-state index in [1.54, 1.807) is 31.8 Å². The average molecular weight is 311 g/mol. The SMILES string of the molecule is Cc1cnn(CCCNS(=O)(=O)c2c(C)nn(C)c2C)c1. The number of aryl methyl sites for hydroxylation is 4. The topological polar surface area (TPSA) is 81.8 Å². The molecule has 7 nitrogen and oxygen atoms in total. The normalized spacial score (nSPS) is 12.0. The Labute approximate surface area is 125 Å². The van der Waals surface area contributed by atoms with Gasteiger partial charge in [0.2, 0.25) is 10.0 Å². The summed E-state index contributed by atoms with van der Waals surface area (Å²) in [5.41, 5.74) is 2.25. The summed E-state index contributed by atoms with van der Waals surface area (Å²) in [5.74, 6) is 0. The van der Waals surface area contributed by atoms with E-state index in [0.29, 0.717) is 30.9 Å². The van der Waals surface area contributed by atoms with Crippen LogP contribution in [-0.4, -0.2) is 34.5 Å². The van der Waals surface area contributed by atoms with E-state index in [1.807, 2.05) is 17.8 Å². The summed E-state index contributed by atoms with van der Waals surface area (Å²) in [6.45, 7) is 6.48. The van der Waals surface area contributed by atoms with Gasteiger partial charge in [-0.2, -0.15) is 10.2 Å². The fraction of sp³-hybridized carbons (Fsp3) is 0.538. The van der Waals surface area contributed by atoms with Crippen molar-refractivity contribution in [1.29, 1.82) is 0 Å². The molecule has 2 rings (SSSR count). The summed E-state index contributed by atoms with van der Waals surface area (Å²) in [4.78, 5) is 0.278. The van der Waals surface area contributed by atoms with E-state index in [0.717, 1.165) is 5.56 Å². The first kappa shape index (κ1) is 15.7. The predicted molar refractivity (Wildman–Crippen MR) is 79.5 cm³/mol. The van der Waals surface area contributed by atoms with Gasteiger partial charge in [0.25, 0.3) is 0 Å². The highest BCUT2D eigenvalue weighted by Gasteiger charge is 2.22. The lowest BCUT2D eigenvalue weighted by Crippen LogP contribution is -2.26. The molecule has 1 N–H and O–H groups in total. The molecule has 0 unspecified atom stereocenters. The van der Waals surface area contributed by atoms with Gasteiger partial charge in [-0.3, -0.25) is 9.36 Å². The van der Waals surface area contributed by atoms with Gasteiger partial charge in [-0.1, -0.05) is 0 Å². The molecule has 0 radical (unpaired) electrons. The fourth-order valence-electron chi connectivity index (χ4n) is 2.25. The van der Waals surface area contributed by atoms with Crippen molar-refractivity contribution in [2.75, 3.05) is 6.54 Å². The molecule has 21 heavy (non-hydrogen) atoms. The third-order valence-corrected chi connectivity index (χ3v) is 5.04. The lowest BCUT2D eigenvalue weighted by atomic mass is 10.4. The molecule has 0 fully saturated rings. The van der Waals surface area contributed by atoms with Crippen molar-refractivity contribution >= 4 is 10.0 Å². The van der Waals surface area contributed by atoms with Gasteiger partial charge in [-0.25, -0.2) is 13.1 Å². The Bertz CT molecular complexity index is 730. The number of nitrogens with one attached hydrogen (secondary N) is 1. The Morgan fingerprint density at radius 1 is 1.29 bits per heavy atom. The molecule has 0 aliphatic heterocycles. The zero-order valence-electron chi connectivity index (χ0n) is 12.8. The molecule has 0 atom stereocenters. The Balaban J connectivity index is 1.95. The van der Waals surface area contributed by atoms with Crippen molar-refractivity contribution in [3.05, 3.63) is 29.3 Å². The van der Waals surface area contributed by atoms with Crippen LogP contribution in [0.5, 0.6) is 0 Å². The maximum atomic E-state index is 12.3. The molecule has 0 amide bonds. The van der Waals surface area contributed by atoms with Crippen molar-refractivity contribution in [2.45, 2.75) is 38.6 Å². The second kappa shape index (κ2) is 5.98. The summed E-state index contributed by atoms with van der Waals surface area (Å²) < 4.78 is 30.6.